The zero-order valence-electron chi connectivity index (χ0n) is 14.3. The minimum atomic E-state index is 0.104. The Morgan fingerprint density at radius 1 is 1.10 bits per heavy atom. The van der Waals surface area contributed by atoms with E-state index in [1.807, 2.05) is 0 Å². The van der Waals surface area contributed by atoms with Crippen LogP contribution in [0.15, 0.2) is 18.2 Å². The largest absolute Gasteiger partial charge is 0.493 e. The van der Waals surface area contributed by atoms with Gasteiger partial charge in [0.2, 0.25) is 0 Å². The second-order valence-electron chi connectivity index (χ2n) is 7.48. The standard InChI is InChI=1S/C18H31NO/c1-8-19-12-18(6,7)13-20-16-10-9-14(2)11-15(16)17(3,4)5/h9-11,19H,8,12-13H2,1-7H3. The van der Waals surface area contributed by atoms with Gasteiger partial charge in [-0.1, -0.05) is 59.2 Å². The Labute approximate surface area is 124 Å². The van der Waals surface area contributed by atoms with Crippen LogP contribution in [0.1, 0.15) is 52.7 Å². The average molecular weight is 277 g/mol. The lowest BCUT2D eigenvalue weighted by atomic mass is 9.85. The molecule has 0 bridgehead atoms. The van der Waals surface area contributed by atoms with Crippen molar-refractivity contribution in [3.05, 3.63) is 29.3 Å². The van der Waals surface area contributed by atoms with E-state index in [1.165, 1.54) is 11.1 Å². The Bertz CT molecular complexity index is 430. The highest BCUT2D eigenvalue weighted by atomic mass is 16.5. The van der Waals surface area contributed by atoms with Crippen LogP contribution in [0.25, 0.3) is 0 Å². The smallest absolute Gasteiger partial charge is 0.123 e. The van der Waals surface area contributed by atoms with Gasteiger partial charge in [-0.2, -0.15) is 0 Å². The van der Waals surface area contributed by atoms with Crippen molar-refractivity contribution >= 4 is 0 Å². The monoisotopic (exact) mass is 277 g/mol. The summed E-state index contributed by atoms with van der Waals surface area (Å²) in [4.78, 5) is 0. The summed E-state index contributed by atoms with van der Waals surface area (Å²) >= 11 is 0. The molecule has 2 nitrogen and oxygen atoms in total. The van der Waals surface area contributed by atoms with E-state index < -0.39 is 0 Å². The number of hydrogen-bond acceptors (Lipinski definition) is 2. The van der Waals surface area contributed by atoms with Crippen LogP contribution in [-0.2, 0) is 5.41 Å². The third kappa shape index (κ3) is 5.16. The molecular formula is C18H31NO. The van der Waals surface area contributed by atoms with Gasteiger partial charge in [0, 0.05) is 12.0 Å². The van der Waals surface area contributed by atoms with Gasteiger partial charge >= 0.3 is 0 Å². The van der Waals surface area contributed by atoms with Gasteiger partial charge in [-0.3, -0.25) is 0 Å². The maximum Gasteiger partial charge on any atom is 0.123 e. The molecule has 2 heteroatoms. The lowest BCUT2D eigenvalue weighted by Crippen LogP contribution is -2.34. The van der Waals surface area contributed by atoms with Gasteiger partial charge in [0.15, 0.2) is 0 Å². The van der Waals surface area contributed by atoms with E-state index in [-0.39, 0.29) is 10.8 Å². The van der Waals surface area contributed by atoms with Crippen molar-refractivity contribution in [3.63, 3.8) is 0 Å². The predicted molar refractivity (Wildman–Crippen MR) is 87.7 cm³/mol. The highest BCUT2D eigenvalue weighted by Crippen LogP contribution is 2.33. The number of nitrogens with one attached hydrogen (secondary N) is 1. The van der Waals surface area contributed by atoms with Crippen molar-refractivity contribution in [3.8, 4) is 5.75 Å². The second kappa shape index (κ2) is 6.62. The topological polar surface area (TPSA) is 21.3 Å². The molecule has 0 aliphatic carbocycles. The van der Waals surface area contributed by atoms with E-state index in [4.69, 9.17) is 4.74 Å². The Kier molecular flexibility index (Phi) is 5.64. The van der Waals surface area contributed by atoms with Crippen molar-refractivity contribution < 1.29 is 4.74 Å². The van der Waals surface area contributed by atoms with Gasteiger partial charge in [-0.05, 0) is 30.5 Å². The van der Waals surface area contributed by atoms with E-state index in [9.17, 15) is 0 Å². The SMILES string of the molecule is CCNCC(C)(C)COc1ccc(C)cc1C(C)(C)C. The van der Waals surface area contributed by atoms with Gasteiger partial charge in [0.1, 0.15) is 5.75 Å². The molecule has 0 amide bonds. The van der Waals surface area contributed by atoms with Crippen LogP contribution < -0.4 is 10.1 Å². The van der Waals surface area contributed by atoms with Crippen molar-refractivity contribution in [1.82, 2.24) is 5.32 Å². The molecule has 0 unspecified atom stereocenters. The van der Waals surface area contributed by atoms with Gasteiger partial charge in [0.05, 0.1) is 6.61 Å². The van der Waals surface area contributed by atoms with Gasteiger partial charge < -0.3 is 10.1 Å². The fraction of sp³-hybridized carbons (Fsp3) is 0.667. The molecule has 0 aromatic heterocycles. The molecule has 0 saturated carbocycles. The van der Waals surface area contributed by atoms with E-state index >= 15 is 0 Å². The van der Waals surface area contributed by atoms with Crippen LogP contribution in [0.4, 0.5) is 0 Å². The van der Waals surface area contributed by atoms with Crippen LogP contribution in [-0.4, -0.2) is 19.7 Å². The summed E-state index contributed by atoms with van der Waals surface area (Å²) in [7, 11) is 0. The lowest BCUT2D eigenvalue weighted by molar-refractivity contribution is 0.174. The zero-order valence-corrected chi connectivity index (χ0v) is 14.3. The van der Waals surface area contributed by atoms with Gasteiger partial charge in [-0.15, -0.1) is 0 Å². The second-order valence-corrected chi connectivity index (χ2v) is 7.48. The maximum absolute atomic E-state index is 6.14. The molecule has 0 saturated heterocycles. The molecule has 1 aromatic carbocycles. The molecule has 0 spiro atoms. The van der Waals surface area contributed by atoms with Crippen molar-refractivity contribution in [2.45, 2.75) is 53.9 Å². The normalized spacial score (nSPS) is 12.6. The lowest BCUT2D eigenvalue weighted by Gasteiger charge is -2.28. The van der Waals surface area contributed by atoms with E-state index in [2.05, 4.69) is 72.0 Å². The third-order valence-electron chi connectivity index (χ3n) is 3.42. The number of hydrogen-bond donors (Lipinski definition) is 1. The molecule has 0 fully saturated rings. The fourth-order valence-corrected chi connectivity index (χ4v) is 2.14. The number of aryl methyl sites for hydroxylation is 1. The Hall–Kier alpha value is -1.02. The van der Waals surface area contributed by atoms with Crippen molar-refractivity contribution in [2.75, 3.05) is 19.7 Å². The minimum Gasteiger partial charge on any atom is -0.493 e. The molecule has 20 heavy (non-hydrogen) atoms. The Morgan fingerprint density at radius 3 is 2.30 bits per heavy atom. The molecule has 0 atom stereocenters. The summed E-state index contributed by atoms with van der Waals surface area (Å²) in [5.74, 6) is 1.02. The molecule has 114 valence electrons. The summed E-state index contributed by atoms with van der Waals surface area (Å²) in [6.07, 6.45) is 0. The molecule has 1 N–H and O–H groups in total. The summed E-state index contributed by atoms with van der Waals surface area (Å²) in [6, 6.07) is 6.48. The first-order valence-electron chi connectivity index (χ1n) is 7.60. The average Bonchev–Trinajstić information content (AvgIpc) is 2.34. The summed E-state index contributed by atoms with van der Waals surface area (Å²) in [6.45, 7) is 18.1. The molecule has 1 aromatic rings. The quantitative estimate of drug-likeness (QED) is 0.836. The minimum absolute atomic E-state index is 0.104. The maximum atomic E-state index is 6.14. The van der Waals surface area contributed by atoms with Crippen LogP contribution >= 0.6 is 0 Å². The highest BCUT2D eigenvalue weighted by Gasteiger charge is 2.22. The molecule has 0 aliphatic heterocycles. The van der Waals surface area contributed by atoms with Crippen molar-refractivity contribution in [2.24, 2.45) is 5.41 Å². The number of benzene rings is 1. The predicted octanol–water partition coefficient (Wildman–Crippen LogP) is 4.31. The fourth-order valence-electron chi connectivity index (χ4n) is 2.14. The molecular weight excluding hydrogens is 246 g/mol. The van der Waals surface area contributed by atoms with E-state index in [1.54, 1.807) is 0 Å². The summed E-state index contributed by atoms with van der Waals surface area (Å²) in [5, 5.41) is 3.40. The first-order chi connectivity index (χ1) is 9.15. The van der Waals surface area contributed by atoms with E-state index in [0.717, 1.165) is 25.4 Å². The van der Waals surface area contributed by atoms with E-state index in [0.29, 0.717) is 0 Å². The van der Waals surface area contributed by atoms with Crippen LogP contribution in [0.5, 0.6) is 5.75 Å². The zero-order chi connectivity index (χ0) is 15.4. The Balaban J connectivity index is 2.83. The van der Waals surface area contributed by atoms with Crippen molar-refractivity contribution in [1.29, 1.82) is 0 Å². The first kappa shape index (κ1) is 17.0. The number of ether oxygens (including phenoxy) is 1. The molecule has 1 rings (SSSR count). The van der Waals surface area contributed by atoms with Gasteiger partial charge in [0.25, 0.3) is 0 Å². The first-order valence-corrected chi connectivity index (χ1v) is 7.60. The third-order valence-corrected chi connectivity index (χ3v) is 3.42. The van der Waals surface area contributed by atoms with Crippen LogP contribution in [0, 0.1) is 12.3 Å². The Morgan fingerprint density at radius 2 is 1.75 bits per heavy atom. The highest BCUT2D eigenvalue weighted by molar-refractivity contribution is 5.41. The number of rotatable bonds is 6. The van der Waals surface area contributed by atoms with Gasteiger partial charge in [-0.25, -0.2) is 0 Å². The molecule has 0 heterocycles. The van der Waals surface area contributed by atoms with Crippen LogP contribution in [0.2, 0.25) is 0 Å². The summed E-state index contributed by atoms with van der Waals surface area (Å²) < 4.78 is 6.14. The molecule has 0 aliphatic rings. The summed E-state index contributed by atoms with van der Waals surface area (Å²) in [5.41, 5.74) is 2.81. The molecule has 0 radical (unpaired) electrons. The van der Waals surface area contributed by atoms with Crippen LogP contribution in [0.3, 0.4) is 0 Å².